The lowest BCUT2D eigenvalue weighted by molar-refractivity contribution is 0.627. The molecule has 0 N–H and O–H groups in total. The molecule has 0 spiro atoms. The van der Waals surface area contributed by atoms with Crippen LogP contribution in [0.1, 0.15) is 0 Å². The predicted molar refractivity (Wildman–Crippen MR) is 48.5 cm³/mol. The third-order valence-electron chi connectivity index (χ3n) is 1.72. The number of nitrogens with zero attached hydrogens (tertiary/aromatic N) is 1. The number of halogens is 1. The zero-order chi connectivity index (χ0) is 9.10. The SMILES string of the molecule is Fc1c[c]c(-c2ccccn2)cc1. The first kappa shape index (κ1) is 7.92. The maximum atomic E-state index is 12.6. The molecule has 2 aromatic rings. The van der Waals surface area contributed by atoms with E-state index in [2.05, 4.69) is 11.1 Å². The topological polar surface area (TPSA) is 12.9 Å². The van der Waals surface area contributed by atoms with Gasteiger partial charge in [0.05, 0.1) is 5.69 Å². The lowest BCUT2D eigenvalue weighted by atomic mass is 10.1. The molecule has 1 heterocycles. The highest BCUT2D eigenvalue weighted by atomic mass is 19.1. The van der Waals surface area contributed by atoms with Crippen LogP contribution in [-0.2, 0) is 0 Å². The average Bonchev–Trinajstić information content (AvgIpc) is 2.20. The summed E-state index contributed by atoms with van der Waals surface area (Å²) in [6.45, 7) is 0. The minimum absolute atomic E-state index is 0.278. The van der Waals surface area contributed by atoms with Gasteiger partial charge in [-0.2, -0.15) is 0 Å². The van der Waals surface area contributed by atoms with Gasteiger partial charge in [0.1, 0.15) is 5.82 Å². The molecule has 0 aliphatic carbocycles. The Balaban J connectivity index is 2.42. The fourth-order valence-corrected chi connectivity index (χ4v) is 1.09. The van der Waals surface area contributed by atoms with Crippen LogP contribution in [0, 0.1) is 11.9 Å². The lowest BCUT2D eigenvalue weighted by Crippen LogP contribution is -1.82. The van der Waals surface area contributed by atoms with Gasteiger partial charge in [0.2, 0.25) is 0 Å². The largest absolute Gasteiger partial charge is 0.256 e. The van der Waals surface area contributed by atoms with Crippen molar-refractivity contribution in [2.24, 2.45) is 0 Å². The highest BCUT2D eigenvalue weighted by molar-refractivity contribution is 5.57. The summed E-state index contributed by atoms with van der Waals surface area (Å²) in [5.41, 5.74) is 1.62. The molecule has 0 bridgehead atoms. The second-order valence-electron chi connectivity index (χ2n) is 2.64. The third kappa shape index (κ3) is 1.72. The summed E-state index contributed by atoms with van der Waals surface area (Å²) in [4.78, 5) is 4.12. The summed E-state index contributed by atoms with van der Waals surface area (Å²) < 4.78 is 12.6. The highest BCUT2D eigenvalue weighted by Crippen LogP contribution is 2.15. The summed E-state index contributed by atoms with van der Waals surface area (Å²) in [6, 6.07) is 12.8. The maximum absolute atomic E-state index is 12.6. The smallest absolute Gasteiger partial charge is 0.123 e. The van der Waals surface area contributed by atoms with Crippen LogP contribution >= 0.6 is 0 Å². The predicted octanol–water partition coefficient (Wildman–Crippen LogP) is 2.69. The Labute approximate surface area is 75.9 Å². The molecule has 2 rings (SSSR count). The van der Waals surface area contributed by atoms with Gasteiger partial charge in [-0.05, 0) is 36.4 Å². The van der Waals surface area contributed by atoms with Gasteiger partial charge in [-0.25, -0.2) is 4.39 Å². The number of benzene rings is 1. The Morgan fingerprint density at radius 3 is 2.69 bits per heavy atom. The Morgan fingerprint density at radius 1 is 1.15 bits per heavy atom. The molecular weight excluding hydrogens is 165 g/mol. The van der Waals surface area contributed by atoms with Gasteiger partial charge in [-0.15, -0.1) is 0 Å². The first-order valence-corrected chi connectivity index (χ1v) is 3.95. The van der Waals surface area contributed by atoms with Gasteiger partial charge in [-0.3, -0.25) is 4.98 Å². The molecule has 0 saturated heterocycles. The van der Waals surface area contributed by atoms with E-state index in [1.54, 1.807) is 12.3 Å². The number of hydrogen-bond acceptors (Lipinski definition) is 1. The first-order valence-electron chi connectivity index (χ1n) is 3.95. The molecule has 1 aromatic heterocycles. The maximum Gasteiger partial charge on any atom is 0.123 e. The van der Waals surface area contributed by atoms with E-state index >= 15 is 0 Å². The molecule has 1 aromatic carbocycles. The van der Waals surface area contributed by atoms with E-state index in [-0.39, 0.29) is 5.82 Å². The fourth-order valence-electron chi connectivity index (χ4n) is 1.09. The number of pyridine rings is 1. The van der Waals surface area contributed by atoms with E-state index in [1.165, 1.54) is 12.1 Å². The van der Waals surface area contributed by atoms with Crippen molar-refractivity contribution in [3.05, 3.63) is 54.5 Å². The average molecular weight is 172 g/mol. The molecule has 0 fully saturated rings. The van der Waals surface area contributed by atoms with Crippen LogP contribution in [0.5, 0.6) is 0 Å². The summed E-state index contributed by atoms with van der Waals surface area (Å²) in [7, 11) is 0. The van der Waals surface area contributed by atoms with Gasteiger partial charge in [-0.1, -0.05) is 6.07 Å². The Kier molecular flexibility index (Phi) is 2.04. The molecule has 63 valence electrons. The van der Waals surface area contributed by atoms with Crippen LogP contribution in [0.25, 0.3) is 11.3 Å². The van der Waals surface area contributed by atoms with Crippen LogP contribution in [0.3, 0.4) is 0 Å². The van der Waals surface area contributed by atoms with E-state index in [0.29, 0.717) is 0 Å². The van der Waals surface area contributed by atoms with Crippen molar-refractivity contribution < 1.29 is 4.39 Å². The van der Waals surface area contributed by atoms with E-state index in [1.807, 2.05) is 18.2 Å². The molecule has 0 aliphatic rings. The Bertz CT molecular complexity index is 381. The number of aromatic nitrogens is 1. The van der Waals surface area contributed by atoms with Crippen molar-refractivity contribution >= 4 is 0 Å². The zero-order valence-corrected chi connectivity index (χ0v) is 6.87. The zero-order valence-electron chi connectivity index (χ0n) is 6.87. The van der Waals surface area contributed by atoms with Crippen molar-refractivity contribution in [1.82, 2.24) is 4.98 Å². The van der Waals surface area contributed by atoms with Crippen LogP contribution in [0.4, 0.5) is 4.39 Å². The monoisotopic (exact) mass is 172 g/mol. The van der Waals surface area contributed by atoms with E-state index in [4.69, 9.17) is 0 Å². The Morgan fingerprint density at radius 2 is 2.08 bits per heavy atom. The van der Waals surface area contributed by atoms with Crippen LogP contribution in [-0.4, -0.2) is 4.98 Å². The van der Waals surface area contributed by atoms with E-state index in [0.717, 1.165) is 11.3 Å². The second kappa shape index (κ2) is 3.35. The fraction of sp³-hybridized carbons (Fsp3) is 0. The van der Waals surface area contributed by atoms with Crippen molar-refractivity contribution in [1.29, 1.82) is 0 Å². The molecule has 0 aliphatic heterocycles. The minimum atomic E-state index is -0.278. The molecule has 0 saturated carbocycles. The minimum Gasteiger partial charge on any atom is -0.256 e. The van der Waals surface area contributed by atoms with E-state index < -0.39 is 0 Å². The molecule has 0 atom stereocenters. The standard InChI is InChI=1S/C11H7FN/c12-10-6-4-9(5-7-10)11-3-1-2-8-13-11/h1-4,6-8H. The normalized spacial score (nSPS) is 9.92. The molecule has 1 nitrogen and oxygen atoms in total. The summed E-state index contributed by atoms with van der Waals surface area (Å²) in [5.74, 6) is -0.278. The van der Waals surface area contributed by atoms with Gasteiger partial charge < -0.3 is 0 Å². The second-order valence-corrected chi connectivity index (χ2v) is 2.64. The summed E-state index contributed by atoms with van der Waals surface area (Å²) in [5, 5.41) is 0. The summed E-state index contributed by atoms with van der Waals surface area (Å²) in [6.07, 6.45) is 1.70. The van der Waals surface area contributed by atoms with Crippen molar-refractivity contribution in [3.63, 3.8) is 0 Å². The summed E-state index contributed by atoms with van der Waals surface area (Å²) >= 11 is 0. The van der Waals surface area contributed by atoms with Crippen molar-refractivity contribution in [2.45, 2.75) is 0 Å². The Hall–Kier alpha value is -1.70. The molecule has 13 heavy (non-hydrogen) atoms. The number of hydrogen-bond donors (Lipinski definition) is 0. The molecular formula is C11H7FN. The molecule has 1 radical (unpaired) electrons. The van der Waals surface area contributed by atoms with Crippen molar-refractivity contribution in [3.8, 4) is 11.3 Å². The van der Waals surface area contributed by atoms with Crippen LogP contribution < -0.4 is 0 Å². The van der Waals surface area contributed by atoms with Crippen LogP contribution in [0.15, 0.2) is 42.6 Å². The van der Waals surface area contributed by atoms with Gasteiger partial charge in [0.15, 0.2) is 0 Å². The number of rotatable bonds is 1. The van der Waals surface area contributed by atoms with Crippen molar-refractivity contribution in [2.75, 3.05) is 0 Å². The molecule has 0 amide bonds. The van der Waals surface area contributed by atoms with Crippen LogP contribution in [0.2, 0.25) is 0 Å². The molecule has 0 unspecified atom stereocenters. The molecule has 2 heteroatoms. The van der Waals surface area contributed by atoms with E-state index in [9.17, 15) is 4.39 Å². The van der Waals surface area contributed by atoms with Gasteiger partial charge >= 0.3 is 0 Å². The first-order chi connectivity index (χ1) is 6.36. The highest BCUT2D eigenvalue weighted by Gasteiger charge is 1.97. The van der Waals surface area contributed by atoms with Gasteiger partial charge in [0, 0.05) is 11.8 Å². The van der Waals surface area contributed by atoms with Gasteiger partial charge in [0.25, 0.3) is 0 Å². The lowest BCUT2D eigenvalue weighted by Gasteiger charge is -1.97. The quantitative estimate of drug-likeness (QED) is 0.644. The third-order valence-corrected chi connectivity index (χ3v) is 1.72.